The molecular formula is C6H9N3. The molecule has 0 aromatic carbocycles. The van der Waals surface area contributed by atoms with E-state index in [-0.39, 0.29) is 0 Å². The third-order valence-electron chi connectivity index (χ3n) is 1.07. The Hall–Kier alpha value is -0.930. The Morgan fingerprint density at radius 3 is 2.56 bits per heavy atom. The maximum Gasteiger partial charge on any atom is 0.180 e. The number of rotatable bonds is 1. The Bertz CT molecular complexity index is 188. The van der Waals surface area contributed by atoms with Crippen LogP contribution in [0.2, 0.25) is 0 Å². The average molecular weight is 123 g/mol. The molecule has 0 aromatic rings. The van der Waals surface area contributed by atoms with Crippen molar-refractivity contribution in [2.24, 2.45) is 16.5 Å². The first-order valence-corrected chi connectivity index (χ1v) is 2.62. The highest BCUT2D eigenvalue weighted by atomic mass is 15.2. The number of nitrogens with zero attached hydrogens (tertiary/aromatic N) is 1. The number of aliphatic imine (C=N–C) groups is 1. The maximum atomic E-state index is 5.40. The van der Waals surface area contributed by atoms with Gasteiger partial charge in [0.05, 0.1) is 0 Å². The van der Waals surface area contributed by atoms with Gasteiger partial charge in [-0.3, -0.25) is 16.5 Å². The fraction of sp³-hybridized carbons (Fsp3) is 0.167. The molecule has 0 aromatic heterocycles. The summed E-state index contributed by atoms with van der Waals surface area (Å²) in [7, 11) is 0. The molecule has 3 heteroatoms. The zero-order chi connectivity index (χ0) is 6.91. The SMILES string of the molecule is C=CC1=CC(N)(N)N=C1. The van der Waals surface area contributed by atoms with Gasteiger partial charge in [-0.2, -0.15) is 0 Å². The molecule has 0 saturated heterocycles. The zero-order valence-electron chi connectivity index (χ0n) is 5.04. The summed E-state index contributed by atoms with van der Waals surface area (Å²) >= 11 is 0. The molecule has 0 radical (unpaired) electrons. The molecule has 4 N–H and O–H groups in total. The van der Waals surface area contributed by atoms with Crippen molar-refractivity contribution in [2.75, 3.05) is 0 Å². The monoisotopic (exact) mass is 123 g/mol. The standard InChI is InChI=1S/C6H9N3/c1-2-5-3-6(7,8)9-4-5/h2-4H,1,7-8H2. The Balaban J connectivity index is 2.86. The van der Waals surface area contributed by atoms with Gasteiger partial charge in [-0.1, -0.05) is 12.7 Å². The lowest BCUT2D eigenvalue weighted by atomic mass is 10.2. The van der Waals surface area contributed by atoms with Crippen LogP contribution >= 0.6 is 0 Å². The average Bonchev–Trinajstić information content (AvgIpc) is 2.10. The van der Waals surface area contributed by atoms with Gasteiger partial charge in [0, 0.05) is 6.21 Å². The first-order chi connectivity index (χ1) is 4.14. The van der Waals surface area contributed by atoms with Crippen LogP contribution in [0.3, 0.4) is 0 Å². The topological polar surface area (TPSA) is 64.4 Å². The van der Waals surface area contributed by atoms with E-state index < -0.39 is 5.79 Å². The Kier molecular flexibility index (Phi) is 1.23. The fourth-order valence-electron chi connectivity index (χ4n) is 0.639. The van der Waals surface area contributed by atoms with Gasteiger partial charge >= 0.3 is 0 Å². The lowest BCUT2D eigenvalue weighted by Gasteiger charge is -2.08. The second-order valence-electron chi connectivity index (χ2n) is 1.99. The third kappa shape index (κ3) is 1.25. The molecule has 9 heavy (non-hydrogen) atoms. The van der Waals surface area contributed by atoms with Crippen molar-refractivity contribution in [1.29, 1.82) is 0 Å². The molecule has 0 saturated carbocycles. The van der Waals surface area contributed by atoms with Gasteiger partial charge in [-0.15, -0.1) is 0 Å². The van der Waals surface area contributed by atoms with Crippen molar-refractivity contribution < 1.29 is 0 Å². The molecule has 0 spiro atoms. The van der Waals surface area contributed by atoms with Crippen LogP contribution in [0, 0.1) is 0 Å². The van der Waals surface area contributed by atoms with Crippen LogP contribution in [0.4, 0.5) is 0 Å². The highest BCUT2D eigenvalue weighted by molar-refractivity contribution is 5.85. The van der Waals surface area contributed by atoms with Crippen LogP contribution in [0.15, 0.2) is 29.3 Å². The van der Waals surface area contributed by atoms with Crippen molar-refractivity contribution in [3.8, 4) is 0 Å². The minimum absolute atomic E-state index is 0.875. The van der Waals surface area contributed by atoms with Gasteiger partial charge < -0.3 is 0 Å². The summed E-state index contributed by atoms with van der Waals surface area (Å²) in [5.41, 5.74) is 11.7. The highest BCUT2D eigenvalue weighted by Crippen LogP contribution is 2.08. The molecule has 0 aliphatic carbocycles. The van der Waals surface area contributed by atoms with Crippen LogP contribution in [0.1, 0.15) is 0 Å². The van der Waals surface area contributed by atoms with E-state index in [2.05, 4.69) is 11.6 Å². The van der Waals surface area contributed by atoms with Crippen molar-refractivity contribution in [1.82, 2.24) is 0 Å². The van der Waals surface area contributed by atoms with E-state index in [0.717, 1.165) is 5.57 Å². The number of nitrogens with two attached hydrogens (primary N) is 2. The summed E-state index contributed by atoms with van der Waals surface area (Å²) in [5.74, 6) is -0.997. The van der Waals surface area contributed by atoms with Gasteiger partial charge in [0.25, 0.3) is 0 Å². The minimum atomic E-state index is -0.997. The van der Waals surface area contributed by atoms with Crippen molar-refractivity contribution >= 4 is 6.21 Å². The molecule has 0 unspecified atom stereocenters. The predicted octanol–water partition coefficient (Wildman–Crippen LogP) is -0.246. The molecule has 1 heterocycles. The first-order valence-electron chi connectivity index (χ1n) is 2.62. The fourth-order valence-corrected chi connectivity index (χ4v) is 0.639. The van der Waals surface area contributed by atoms with E-state index in [1.165, 1.54) is 0 Å². The Morgan fingerprint density at radius 1 is 1.67 bits per heavy atom. The molecule has 1 aliphatic heterocycles. The van der Waals surface area contributed by atoms with Crippen LogP contribution in [-0.4, -0.2) is 12.0 Å². The Labute approximate surface area is 53.8 Å². The zero-order valence-corrected chi connectivity index (χ0v) is 5.04. The third-order valence-corrected chi connectivity index (χ3v) is 1.07. The highest BCUT2D eigenvalue weighted by Gasteiger charge is 2.16. The molecule has 48 valence electrons. The molecule has 0 fully saturated rings. The van der Waals surface area contributed by atoms with Gasteiger partial charge in [-0.05, 0) is 11.6 Å². The number of hydrogen-bond donors (Lipinski definition) is 2. The first kappa shape index (κ1) is 6.19. The van der Waals surface area contributed by atoms with E-state index in [1.807, 2.05) is 0 Å². The molecule has 0 bridgehead atoms. The van der Waals surface area contributed by atoms with Crippen LogP contribution in [0.5, 0.6) is 0 Å². The smallest absolute Gasteiger partial charge is 0.180 e. The van der Waals surface area contributed by atoms with Gasteiger partial charge in [0.1, 0.15) is 0 Å². The van der Waals surface area contributed by atoms with E-state index in [4.69, 9.17) is 11.5 Å². The summed E-state index contributed by atoms with van der Waals surface area (Å²) in [4.78, 5) is 3.79. The van der Waals surface area contributed by atoms with Crippen LogP contribution < -0.4 is 11.5 Å². The molecule has 0 amide bonds. The second kappa shape index (κ2) is 1.79. The minimum Gasteiger partial charge on any atom is -0.291 e. The van der Waals surface area contributed by atoms with Crippen molar-refractivity contribution in [3.63, 3.8) is 0 Å². The van der Waals surface area contributed by atoms with E-state index in [9.17, 15) is 0 Å². The summed E-state index contributed by atoms with van der Waals surface area (Å²) in [5, 5.41) is 0. The Morgan fingerprint density at radius 2 is 2.33 bits per heavy atom. The summed E-state index contributed by atoms with van der Waals surface area (Å²) < 4.78 is 0. The normalized spacial score (nSPS) is 21.8. The van der Waals surface area contributed by atoms with Gasteiger partial charge in [-0.25, -0.2) is 0 Å². The quantitative estimate of drug-likeness (QED) is 0.472. The second-order valence-corrected chi connectivity index (χ2v) is 1.99. The van der Waals surface area contributed by atoms with E-state index >= 15 is 0 Å². The van der Waals surface area contributed by atoms with Crippen molar-refractivity contribution in [2.45, 2.75) is 5.79 Å². The summed E-state index contributed by atoms with van der Waals surface area (Å²) in [6.07, 6.45) is 4.91. The molecule has 1 aliphatic rings. The van der Waals surface area contributed by atoms with Gasteiger partial charge in [0.15, 0.2) is 5.79 Å². The predicted molar refractivity (Wildman–Crippen MR) is 37.9 cm³/mol. The van der Waals surface area contributed by atoms with Crippen LogP contribution in [0.25, 0.3) is 0 Å². The lowest BCUT2D eigenvalue weighted by molar-refractivity contribution is 0.597. The summed E-state index contributed by atoms with van der Waals surface area (Å²) in [6, 6.07) is 0. The maximum absolute atomic E-state index is 5.40. The van der Waals surface area contributed by atoms with E-state index in [1.54, 1.807) is 18.4 Å². The molecular weight excluding hydrogens is 114 g/mol. The lowest BCUT2D eigenvalue weighted by Crippen LogP contribution is -2.43. The van der Waals surface area contributed by atoms with E-state index in [0.29, 0.717) is 0 Å². The molecule has 1 rings (SSSR count). The molecule has 0 atom stereocenters. The van der Waals surface area contributed by atoms with Crippen LogP contribution in [-0.2, 0) is 0 Å². The summed E-state index contributed by atoms with van der Waals surface area (Å²) in [6.45, 7) is 3.54. The van der Waals surface area contributed by atoms with Gasteiger partial charge in [0.2, 0.25) is 0 Å². The van der Waals surface area contributed by atoms with Crippen molar-refractivity contribution in [3.05, 3.63) is 24.3 Å². The molecule has 3 nitrogen and oxygen atoms in total. The largest absolute Gasteiger partial charge is 0.291 e. The number of allylic oxidation sites excluding steroid dienone is 2. The number of hydrogen-bond acceptors (Lipinski definition) is 3.